The molecule has 3 atom stereocenters. The fourth-order valence-corrected chi connectivity index (χ4v) is 3.06. The van der Waals surface area contributed by atoms with E-state index in [0.29, 0.717) is 18.2 Å². The Morgan fingerprint density at radius 3 is 2.70 bits per heavy atom. The Labute approximate surface area is 123 Å². The van der Waals surface area contributed by atoms with Crippen LogP contribution in [0.5, 0.6) is 0 Å². The van der Waals surface area contributed by atoms with Gasteiger partial charge >= 0.3 is 0 Å². The Hall–Kier alpha value is -0.860. The van der Waals surface area contributed by atoms with Crippen LogP contribution in [-0.4, -0.2) is 24.8 Å². The third-order valence-corrected chi connectivity index (χ3v) is 4.31. The number of aryl methyl sites for hydroxylation is 1. The van der Waals surface area contributed by atoms with Crippen molar-refractivity contribution in [3.05, 3.63) is 35.9 Å². The first-order valence-corrected chi connectivity index (χ1v) is 8.21. The number of unbranched alkanes of at least 4 members (excludes halogenated alkanes) is 1. The normalized spacial score (nSPS) is 26.6. The molecule has 0 amide bonds. The molecule has 112 valence electrons. The van der Waals surface area contributed by atoms with Crippen LogP contribution in [0.25, 0.3) is 0 Å². The second-order valence-electron chi connectivity index (χ2n) is 6.01. The second kappa shape index (κ2) is 8.43. The molecule has 1 aliphatic rings. The van der Waals surface area contributed by atoms with Gasteiger partial charge in [0.25, 0.3) is 0 Å². The second-order valence-corrected chi connectivity index (χ2v) is 6.01. The van der Waals surface area contributed by atoms with E-state index in [1.807, 2.05) is 0 Å². The van der Waals surface area contributed by atoms with Crippen LogP contribution in [0.2, 0.25) is 0 Å². The van der Waals surface area contributed by atoms with Crippen LogP contribution in [0.4, 0.5) is 0 Å². The van der Waals surface area contributed by atoms with E-state index in [9.17, 15) is 0 Å². The lowest BCUT2D eigenvalue weighted by atomic mass is 9.95. The molecule has 0 spiro atoms. The molecule has 0 saturated carbocycles. The molecule has 3 unspecified atom stereocenters. The maximum Gasteiger partial charge on any atom is 0.0728 e. The highest BCUT2D eigenvalue weighted by Gasteiger charge is 2.26. The predicted octanol–water partition coefficient (Wildman–Crippen LogP) is 3.95. The molecule has 0 aromatic heterocycles. The van der Waals surface area contributed by atoms with Gasteiger partial charge in [-0.1, -0.05) is 37.3 Å². The number of nitrogens with one attached hydrogen (secondary N) is 1. The van der Waals surface area contributed by atoms with Gasteiger partial charge in [-0.05, 0) is 51.0 Å². The van der Waals surface area contributed by atoms with E-state index in [4.69, 9.17) is 4.74 Å². The van der Waals surface area contributed by atoms with Gasteiger partial charge in [0.1, 0.15) is 0 Å². The lowest BCUT2D eigenvalue weighted by molar-refractivity contribution is -0.00190. The summed E-state index contributed by atoms with van der Waals surface area (Å²) in [4.78, 5) is 0. The Morgan fingerprint density at radius 2 is 1.95 bits per heavy atom. The topological polar surface area (TPSA) is 21.3 Å². The molecular formula is C18H29NO. The first-order valence-electron chi connectivity index (χ1n) is 8.21. The Balaban J connectivity index is 1.60. The van der Waals surface area contributed by atoms with Crippen LogP contribution in [0, 0.1) is 0 Å². The summed E-state index contributed by atoms with van der Waals surface area (Å²) in [6.07, 6.45) is 7.60. The maximum absolute atomic E-state index is 6.11. The SMILES string of the molecule is CCC1NC(C)CCC1OCCCCc1ccccc1. The van der Waals surface area contributed by atoms with Crippen LogP contribution in [0.3, 0.4) is 0 Å². The van der Waals surface area contributed by atoms with Crippen LogP contribution >= 0.6 is 0 Å². The number of piperidine rings is 1. The number of hydrogen-bond acceptors (Lipinski definition) is 2. The summed E-state index contributed by atoms with van der Waals surface area (Å²) in [6, 6.07) is 11.9. The molecule has 1 heterocycles. The average molecular weight is 275 g/mol. The predicted molar refractivity (Wildman–Crippen MR) is 85.0 cm³/mol. The van der Waals surface area contributed by atoms with Crippen LogP contribution < -0.4 is 5.32 Å². The van der Waals surface area contributed by atoms with Crippen molar-refractivity contribution in [1.29, 1.82) is 0 Å². The van der Waals surface area contributed by atoms with E-state index in [1.165, 1.54) is 37.7 Å². The van der Waals surface area contributed by atoms with Gasteiger partial charge in [0, 0.05) is 18.7 Å². The van der Waals surface area contributed by atoms with E-state index in [2.05, 4.69) is 49.5 Å². The zero-order chi connectivity index (χ0) is 14.2. The smallest absolute Gasteiger partial charge is 0.0728 e. The fraction of sp³-hybridized carbons (Fsp3) is 0.667. The molecule has 2 rings (SSSR count). The standard InChI is InChI=1S/C18H29NO/c1-3-17-18(13-12-15(2)19-17)20-14-8-7-11-16-9-5-4-6-10-16/h4-6,9-10,15,17-19H,3,7-8,11-14H2,1-2H3. The zero-order valence-electron chi connectivity index (χ0n) is 13.0. The van der Waals surface area contributed by atoms with Crippen molar-refractivity contribution in [1.82, 2.24) is 5.32 Å². The Bertz CT molecular complexity index is 365. The van der Waals surface area contributed by atoms with Crippen molar-refractivity contribution >= 4 is 0 Å². The van der Waals surface area contributed by atoms with Gasteiger partial charge in [0.05, 0.1) is 6.10 Å². The quantitative estimate of drug-likeness (QED) is 0.761. The van der Waals surface area contributed by atoms with Crippen LogP contribution in [0.1, 0.15) is 51.5 Å². The van der Waals surface area contributed by atoms with E-state index in [-0.39, 0.29) is 0 Å². The van der Waals surface area contributed by atoms with Gasteiger partial charge in [-0.3, -0.25) is 0 Å². The monoisotopic (exact) mass is 275 g/mol. The zero-order valence-corrected chi connectivity index (χ0v) is 13.0. The molecule has 1 N–H and O–H groups in total. The molecule has 0 aliphatic carbocycles. The highest BCUT2D eigenvalue weighted by atomic mass is 16.5. The van der Waals surface area contributed by atoms with Gasteiger partial charge < -0.3 is 10.1 Å². The number of ether oxygens (including phenoxy) is 1. The van der Waals surface area contributed by atoms with Gasteiger partial charge in [-0.25, -0.2) is 0 Å². The number of hydrogen-bond donors (Lipinski definition) is 1. The van der Waals surface area contributed by atoms with Gasteiger partial charge in [0.2, 0.25) is 0 Å². The minimum atomic E-state index is 0.424. The molecule has 1 saturated heterocycles. The molecule has 2 nitrogen and oxygen atoms in total. The van der Waals surface area contributed by atoms with E-state index < -0.39 is 0 Å². The highest BCUT2D eigenvalue weighted by Crippen LogP contribution is 2.19. The number of benzene rings is 1. The van der Waals surface area contributed by atoms with Crippen molar-refractivity contribution in [3.8, 4) is 0 Å². The minimum Gasteiger partial charge on any atom is -0.377 e. The van der Waals surface area contributed by atoms with Crippen molar-refractivity contribution in [2.45, 2.75) is 70.6 Å². The van der Waals surface area contributed by atoms with Gasteiger partial charge in [-0.15, -0.1) is 0 Å². The van der Waals surface area contributed by atoms with Gasteiger partial charge in [0.15, 0.2) is 0 Å². The molecule has 2 heteroatoms. The Kier molecular flexibility index (Phi) is 6.55. The van der Waals surface area contributed by atoms with Crippen molar-refractivity contribution < 1.29 is 4.74 Å². The lowest BCUT2D eigenvalue weighted by Gasteiger charge is -2.35. The summed E-state index contributed by atoms with van der Waals surface area (Å²) in [5.74, 6) is 0. The molecular weight excluding hydrogens is 246 g/mol. The Morgan fingerprint density at radius 1 is 1.15 bits per heavy atom. The minimum absolute atomic E-state index is 0.424. The number of rotatable bonds is 7. The first-order chi connectivity index (χ1) is 9.79. The van der Waals surface area contributed by atoms with Gasteiger partial charge in [-0.2, -0.15) is 0 Å². The summed E-state index contributed by atoms with van der Waals surface area (Å²) in [5, 5.41) is 3.66. The molecule has 0 bridgehead atoms. The molecule has 0 radical (unpaired) electrons. The summed E-state index contributed by atoms with van der Waals surface area (Å²) in [5.41, 5.74) is 1.44. The van der Waals surface area contributed by atoms with E-state index in [1.54, 1.807) is 0 Å². The molecule has 1 aromatic carbocycles. The molecule has 20 heavy (non-hydrogen) atoms. The van der Waals surface area contributed by atoms with Crippen molar-refractivity contribution in [2.24, 2.45) is 0 Å². The highest BCUT2D eigenvalue weighted by molar-refractivity contribution is 5.14. The van der Waals surface area contributed by atoms with Crippen LogP contribution in [0.15, 0.2) is 30.3 Å². The summed E-state index contributed by atoms with van der Waals surface area (Å²) < 4.78 is 6.11. The van der Waals surface area contributed by atoms with E-state index in [0.717, 1.165) is 13.0 Å². The lowest BCUT2D eigenvalue weighted by Crippen LogP contribution is -2.49. The fourth-order valence-electron chi connectivity index (χ4n) is 3.06. The molecule has 1 fully saturated rings. The summed E-state index contributed by atoms with van der Waals surface area (Å²) in [6.45, 7) is 5.43. The third-order valence-electron chi connectivity index (χ3n) is 4.31. The maximum atomic E-state index is 6.11. The first kappa shape index (κ1) is 15.5. The molecule has 1 aliphatic heterocycles. The van der Waals surface area contributed by atoms with Crippen LogP contribution in [-0.2, 0) is 11.2 Å². The van der Waals surface area contributed by atoms with E-state index >= 15 is 0 Å². The summed E-state index contributed by atoms with van der Waals surface area (Å²) in [7, 11) is 0. The largest absolute Gasteiger partial charge is 0.377 e. The van der Waals surface area contributed by atoms with Crippen molar-refractivity contribution in [3.63, 3.8) is 0 Å². The van der Waals surface area contributed by atoms with Crippen molar-refractivity contribution in [2.75, 3.05) is 6.61 Å². The summed E-state index contributed by atoms with van der Waals surface area (Å²) >= 11 is 0. The third kappa shape index (κ3) is 4.92. The average Bonchev–Trinajstić information content (AvgIpc) is 2.49. The molecule has 1 aromatic rings.